The van der Waals surface area contributed by atoms with Crippen LogP contribution >= 0.6 is 0 Å². The van der Waals surface area contributed by atoms with Crippen LogP contribution in [0, 0.1) is 20.2 Å². The fraction of sp³-hybridized carbons (Fsp3) is 0.263. The molecule has 0 amide bonds. The van der Waals surface area contributed by atoms with Crippen LogP contribution < -0.4 is 9.47 Å². The molecule has 0 saturated heterocycles. The van der Waals surface area contributed by atoms with Gasteiger partial charge in [-0.3, -0.25) is 20.2 Å². The van der Waals surface area contributed by atoms with E-state index >= 15 is 0 Å². The van der Waals surface area contributed by atoms with Crippen molar-refractivity contribution in [3.05, 3.63) is 68.8 Å². The van der Waals surface area contributed by atoms with Crippen LogP contribution in [0.2, 0.25) is 0 Å². The normalized spacial score (nSPS) is 17.4. The average Bonchev–Trinajstić information content (AvgIpc) is 3.15. The van der Waals surface area contributed by atoms with E-state index in [9.17, 15) is 29.8 Å². The van der Waals surface area contributed by atoms with E-state index in [-0.39, 0.29) is 29.3 Å². The third kappa shape index (κ3) is 6.13. The summed E-state index contributed by atoms with van der Waals surface area (Å²) in [6.45, 7) is 0. The maximum atomic E-state index is 11.9. The molecule has 12 nitrogen and oxygen atoms in total. The number of non-ortho nitro benzene ring substituents is 2. The Hall–Kier alpha value is -4.22. The minimum absolute atomic E-state index is 0.0908. The summed E-state index contributed by atoms with van der Waals surface area (Å²) in [5.74, 6) is 0.182. The van der Waals surface area contributed by atoms with Crippen molar-refractivity contribution < 1.29 is 38.4 Å². The van der Waals surface area contributed by atoms with Gasteiger partial charge >= 0.3 is 12.3 Å². The fourth-order valence-electron chi connectivity index (χ4n) is 2.90. The molecule has 0 bridgehead atoms. The third-order valence-corrected chi connectivity index (χ3v) is 4.36. The first-order valence-corrected chi connectivity index (χ1v) is 9.06. The molecule has 1 aliphatic carbocycles. The van der Waals surface area contributed by atoms with E-state index in [0.717, 1.165) is 0 Å². The zero-order valence-electron chi connectivity index (χ0n) is 15.9. The molecule has 162 valence electrons. The number of nitro groups is 2. The van der Waals surface area contributed by atoms with E-state index in [1.54, 1.807) is 0 Å². The van der Waals surface area contributed by atoms with Crippen molar-refractivity contribution >= 4 is 23.7 Å². The topological polar surface area (TPSA) is 157 Å². The van der Waals surface area contributed by atoms with Gasteiger partial charge in [0.1, 0.15) is 23.7 Å². The predicted molar refractivity (Wildman–Crippen MR) is 102 cm³/mol. The summed E-state index contributed by atoms with van der Waals surface area (Å²) in [7, 11) is 0. The van der Waals surface area contributed by atoms with Crippen molar-refractivity contribution in [3.8, 4) is 11.5 Å². The lowest BCUT2D eigenvalue weighted by Crippen LogP contribution is -2.22. The molecule has 2 unspecified atom stereocenters. The molecular formula is C19H16N2O10. The number of benzene rings is 2. The van der Waals surface area contributed by atoms with Gasteiger partial charge in [0.2, 0.25) is 0 Å². The summed E-state index contributed by atoms with van der Waals surface area (Å²) >= 11 is 0. The molecule has 0 spiro atoms. The second-order valence-electron chi connectivity index (χ2n) is 6.50. The average molecular weight is 432 g/mol. The summed E-state index contributed by atoms with van der Waals surface area (Å²) in [6, 6.07) is 9.86. The van der Waals surface area contributed by atoms with Crippen molar-refractivity contribution in [1.29, 1.82) is 0 Å². The highest BCUT2D eigenvalue weighted by Crippen LogP contribution is 2.27. The molecule has 3 rings (SSSR count). The van der Waals surface area contributed by atoms with Gasteiger partial charge in [-0.05, 0) is 37.1 Å². The Kier molecular flexibility index (Phi) is 6.60. The number of nitrogens with zero attached hydrogens (tertiary/aromatic N) is 2. The van der Waals surface area contributed by atoms with E-state index in [1.807, 2.05) is 0 Å². The molecule has 1 saturated carbocycles. The largest absolute Gasteiger partial charge is 0.514 e. The van der Waals surface area contributed by atoms with Crippen molar-refractivity contribution in [1.82, 2.24) is 0 Å². The van der Waals surface area contributed by atoms with E-state index in [1.165, 1.54) is 48.5 Å². The lowest BCUT2D eigenvalue weighted by Gasteiger charge is -2.13. The molecule has 2 atom stereocenters. The highest BCUT2D eigenvalue weighted by molar-refractivity contribution is 5.65. The smallest absolute Gasteiger partial charge is 0.431 e. The van der Waals surface area contributed by atoms with Gasteiger partial charge in [0, 0.05) is 30.7 Å². The Morgan fingerprint density at radius 2 is 1.06 bits per heavy atom. The van der Waals surface area contributed by atoms with Gasteiger partial charge in [-0.25, -0.2) is 9.59 Å². The standard InChI is InChI=1S/C19H16N2O10/c22-18(28-14-5-1-12(2-6-14)20(24)25)30-16-9-10-17(11-16)31-19(23)29-15-7-3-13(4-8-15)21(26)27/h1-8,16-17H,9-11H2. The molecule has 2 aromatic carbocycles. The highest BCUT2D eigenvalue weighted by Gasteiger charge is 2.31. The van der Waals surface area contributed by atoms with Crippen LogP contribution in [0.3, 0.4) is 0 Å². The Morgan fingerprint density at radius 3 is 1.39 bits per heavy atom. The van der Waals surface area contributed by atoms with Crippen molar-refractivity contribution in [2.75, 3.05) is 0 Å². The third-order valence-electron chi connectivity index (χ3n) is 4.36. The fourth-order valence-corrected chi connectivity index (χ4v) is 2.90. The van der Waals surface area contributed by atoms with Crippen molar-refractivity contribution in [2.24, 2.45) is 0 Å². The van der Waals surface area contributed by atoms with Crippen LogP contribution in [0.1, 0.15) is 19.3 Å². The number of hydrogen-bond acceptors (Lipinski definition) is 10. The monoisotopic (exact) mass is 432 g/mol. The Bertz CT molecular complexity index is 895. The van der Waals surface area contributed by atoms with E-state index < -0.39 is 34.4 Å². The molecule has 0 aromatic heterocycles. The van der Waals surface area contributed by atoms with Gasteiger partial charge in [0.15, 0.2) is 0 Å². The van der Waals surface area contributed by atoms with Gasteiger partial charge < -0.3 is 18.9 Å². The lowest BCUT2D eigenvalue weighted by molar-refractivity contribution is -0.385. The number of carbonyl (C=O) groups is 2. The molecule has 2 aromatic rings. The molecule has 0 heterocycles. The minimum Gasteiger partial charge on any atom is -0.431 e. The summed E-state index contributed by atoms with van der Waals surface area (Å²) < 4.78 is 20.3. The van der Waals surface area contributed by atoms with Gasteiger partial charge in [-0.15, -0.1) is 0 Å². The molecule has 0 radical (unpaired) electrons. The molecule has 0 N–H and O–H groups in total. The van der Waals surface area contributed by atoms with Crippen LogP contribution in [0.5, 0.6) is 11.5 Å². The summed E-state index contributed by atoms with van der Waals surface area (Å²) in [5.41, 5.74) is -0.283. The van der Waals surface area contributed by atoms with Crippen LogP contribution in [0.4, 0.5) is 21.0 Å². The van der Waals surface area contributed by atoms with Crippen molar-refractivity contribution in [2.45, 2.75) is 31.5 Å². The number of ether oxygens (including phenoxy) is 4. The molecule has 12 heteroatoms. The highest BCUT2D eigenvalue weighted by atomic mass is 16.7. The van der Waals surface area contributed by atoms with Gasteiger partial charge in [-0.2, -0.15) is 0 Å². The summed E-state index contributed by atoms with van der Waals surface area (Å²) in [4.78, 5) is 43.8. The Balaban J connectivity index is 1.42. The lowest BCUT2D eigenvalue weighted by atomic mass is 10.3. The maximum Gasteiger partial charge on any atom is 0.514 e. The predicted octanol–water partition coefficient (Wildman–Crippen LogP) is 4.16. The van der Waals surface area contributed by atoms with E-state index in [2.05, 4.69) is 0 Å². The Labute approximate surface area is 174 Å². The number of carbonyl (C=O) groups excluding carboxylic acids is 2. The first-order valence-electron chi connectivity index (χ1n) is 9.06. The van der Waals surface area contributed by atoms with Crippen LogP contribution in [-0.4, -0.2) is 34.4 Å². The molecule has 31 heavy (non-hydrogen) atoms. The van der Waals surface area contributed by atoms with Gasteiger partial charge in [0.25, 0.3) is 11.4 Å². The SMILES string of the molecule is O=C(Oc1ccc([N+](=O)[O-])cc1)OC1CCC(OC(=O)Oc2ccc([N+](=O)[O-])cc2)C1. The summed E-state index contributed by atoms with van der Waals surface area (Å²) in [5, 5.41) is 21.2. The van der Waals surface area contributed by atoms with Crippen LogP contribution in [-0.2, 0) is 9.47 Å². The maximum absolute atomic E-state index is 11.9. The molecule has 0 aliphatic heterocycles. The molecule has 1 aliphatic rings. The van der Waals surface area contributed by atoms with E-state index in [4.69, 9.17) is 18.9 Å². The first kappa shape index (κ1) is 21.5. The number of hydrogen-bond donors (Lipinski definition) is 0. The Morgan fingerprint density at radius 1 is 0.710 bits per heavy atom. The van der Waals surface area contributed by atoms with Gasteiger partial charge in [-0.1, -0.05) is 0 Å². The van der Waals surface area contributed by atoms with Gasteiger partial charge in [0.05, 0.1) is 9.85 Å². The van der Waals surface area contributed by atoms with Crippen LogP contribution in [0.25, 0.3) is 0 Å². The second kappa shape index (κ2) is 9.52. The zero-order valence-corrected chi connectivity index (χ0v) is 15.9. The number of rotatable bonds is 6. The number of nitro benzene ring substituents is 2. The molecule has 1 fully saturated rings. The van der Waals surface area contributed by atoms with E-state index in [0.29, 0.717) is 12.8 Å². The van der Waals surface area contributed by atoms with Crippen molar-refractivity contribution in [3.63, 3.8) is 0 Å². The first-order chi connectivity index (χ1) is 14.8. The minimum atomic E-state index is -0.979. The molecular weight excluding hydrogens is 416 g/mol. The summed E-state index contributed by atoms with van der Waals surface area (Å²) in [6.07, 6.45) is -1.92. The second-order valence-corrected chi connectivity index (χ2v) is 6.50. The zero-order chi connectivity index (χ0) is 22.4. The van der Waals surface area contributed by atoms with Crippen LogP contribution in [0.15, 0.2) is 48.5 Å². The quantitative estimate of drug-likeness (QED) is 0.281.